The number of amides is 2. The van der Waals surface area contributed by atoms with Crippen molar-refractivity contribution in [1.82, 2.24) is 15.1 Å². The zero-order valence-electron chi connectivity index (χ0n) is 12.9. The molecule has 1 rings (SSSR count). The first-order valence-corrected chi connectivity index (χ1v) is 7.26. The molecule has 0 spiro atoms. The Labute approximate surface area is 121 Å². The Bertz CT molecular complexity index is 345. The van der Waals surface area contributed by atoms with Crippen LogP contribution in [0.25, 0.3) is 0 Å². The molecule has 20 heavy (non-hydrogen) atoms. The van der Waals surface area contributed by atoms with Gasteiger partial charge in [-0.15, -0.1) is 0 Å². The predicted molar refractivity (Wildman–Crippen MR) is 77.7 cm³/mol. The fraction of sp³-hybridized carbons (Fsp3) is 0.857. The number of carbonyl (C=O) groups is 2. The molecule has 1 fully saturated rings. The number of carboxylic acids is 1. The van der Waals surface area contributed by atoms with E-state index in [2.05, 4.69) is 10.2 Å². The number of hydrogen-bond donors (Lipinski definition) is 2. The van der Waals surface area contributed by atoms with Crippen molar-refractivity contribution in [2.24, 2.45) is 5.92 Å². The molecule has 0 aromatic rings. The minimum absolute atomic E-state index is 0.229. The number of hydrogen-bond acceptors (Lipinski definition) is 3. The minimum Gasteiger partial charge on any atom is -0.480 e. The Morgan fingerprint density at radius 2 is 2.05 bits per heavy atom. The highest BCUT2D eigenvalue weighted by Crippen LogP contribution is 2.14. The van der Waals surface area contributed by atoms with Gasteiger partial charge in [0.15, 0.2) is 0 Å². The van der Waals surface area contributed by atoms with Crippen LogP contribution in [0.5, 0.6) is 0 Å². The summed E-state index contributed by atoms with van der Waals surface area (Å²) in [6.07, 6.45) is 2.48. The molecule has 2 amide bonds. The third kappa shape index (κ3) is 5.00. The van der Waals surface area contributed by atoms with Crippen LogP contribution in [0, 0.1) is 5.92 Å². The molecule has 0 saturated carbocycles. The number of urea groups is 1. The molecule has 1 aliphatic heterocycles. The van der Waals surface area contributed by atoms with Crippen LogP contribution in [-0.4, -0.2) is 66.2 Å². The number of nitrogens with zero attached hydrogens (tertiary/aromatic N) is 2. The number of nitrogens with one attached hydrogen (secondary N) is 1. The normalized spacial score (nSPS) is 21.1. The van der Waals surface area contributed by atoms with E-state index in [-0.39, 0.29) is 11.9 Å². The van der Waals surface area contributed by atoms with Crippen LogP contribution in [0.2, 0.25) is 0 Å². The van der Waals surface area contributed by atoms with Gasteiger partial charge in [-0.25, -0.2) is 9.59 Å². The molecule has 0 bridgehead atoms. The molecule has 0 aromatic heterocycles. The number of carboxylic acid groups (broad SMARTS) is 1. The molecule has 1 heterocycles. The highest BCUT2D eigenvalue weighted by atomic mass is 16.4. The number of likely N-dealkylation sites (N-methyl/N-ethyl adjacent to an activating group) is 1. The van der Waals surface area contributed by atoms with E-state index in [0.717, 1.165) is 12.8 Å². The van der Waals surface area contributed by atoms with Crippen molar-refractivity contribution in [3.05, 3.63) is 0 Å². The standard InChI is InChI=1S/C14H27N3O3/c1-10(2)8-12(13(18)19)15-14(20)17-7-5-6-11(9-17)16(3)4/h10-12H,5-9H2,1-4H3,(H,15,20)(H,18,19)/t11?,12-/m0/s1. The fourth-order valence-corrected chi connectivity index (χ4v) is 2.49. The average Bonchev–Trinajstić information content (AvgIpc) is 2.37. The molecule has 2 atom stereocenters. The first-order valence-electron chi connectivity index (χ1n) is 7.26. The molecule has 6 nitrogen and oxygen atoms in total. The number of aliphatic carboxylic acids is 1. The van der Waals surface area contributed by atoms with Crippen LogP contribution >= 0.6 is 0 Å². The summed E-state index contributed by atoms with van der Waals surface area (Å²) in [6.45, 7) is 5.26. The second kappa shape index (κ2) is 7.47. The van der Waals surface area contributed by atoms with Gasteiger partial charge < -0.3 is 20.2 Å². The van der Waals surface area contributed by atoms with Gasteiger partial charge in [0.05, 0.1) is 0 Å². The maximum Gasteiger partial charge on any atom is 0.326 e. The van der Waals surface area contributed by atoms with Crippen LogP contribution in [0.1, 0.15) is 33.1 Å². The van der Waals surface area contributed by atoms with Gasteiger partial charge in [-0.2, -0.15) is 0 Å². The van der Waals surface area contributed by atoms with Crippen LogP contribution < -0.4 is 5.32 Å². The Hall–Kier alpha value is -1.30. The van der Waals surface area contributed by atoms with E-state index >= 15 is 0 Å². The largest absolute Gasteiger partial charge is 0.480 e. The average molecular weight is 285 g/mol. The maximum atomic E-state index is 12.2. The van der Waals surface area contributed by atoms with Crippen LogP contribution in [-0.2, 0) is 4.79 Å². The van der Waals surface area contributed by atoms with Crippen molar-refractivity contribution in [3.63, 3.8) is 0 Å². The summed E-state index contributed by atoms with van der Waals surface area (Å²) >= 11 is 0. The quantitative estimate of drug-likeness (QED) is 0.796. The second-order valence-corrected chi connectivity index (χ2v) is 6.18. The van der Waals surface area contributed by atoms with Gasteiger partial charge in [0.1, 0.15) is 6.04 Å². The predicted octanol–water partition coefficient (Wildman–Crippen LogP) is 1.22. The van der Waals surface area contributed by atoms with Crippen molar-refractivity contribution in [2.45, 2.75) is 45.2 Å². The van der Waals surface area contributed by atoms with E-state index < -0.39 is 12.0 Å². The first-order chi connectivity index (χ1) is 9.31. The smallest absolute Gasteiger partial charge is 0.326 e. The Morgan fingerprint density at radius 1 is 1.40 bits per heavy atom. The number of carbonyl (C=O) groups excluding carboxylic acids is 1. The van der Waals surface area contributed by atoms with E-state index in [1.807, 2.05) is 27.9 Å². The van der Waals surface area contributed by atoms with Gasteiger partial charge in [0.2, 0.25) is 0 Å². The molecule has 1 aliphatic rings. The lowest BCUT2D eigenvalue weighted by molar-refractivity contribution is -0.139. The molecule has 1 saturated heterocycles. The third-order valence-electron chi connectivity index (χ3n) is 3.72. The van der Waals surface area contributed by atoms with E-state index in [4.69, 9.17) is 5.11 Å². The van der Waals surface area contributed by atoms with E-state index in [9.17, 15) is 9.59 Å². The summed E-state index contributed by atoms with van der Waals surface area (Å²) in [4.78, 5) is 27.2. The van der Waals surface area contributed by atoms with Crippen molar-refractivity contribution in [2.75, 3.05) is 27.2 Å². The summed E-state index contributed by atoms with van der Waals surface area (Å²) in [5.74, 6) is -0.736. The van der Waals surface area contributed by atoms with Gasteiger partial charge in [0, 0.05) is 19.1 Å². The number of piperidine rings is 1. The highest BCUT2D eigenvalue weighted by Gasteiger charge is 2.28. The lowest BCUT2D eigenvalue weighted by atomic mass is 10.0. The van der Waals surface area contributed by atoms with Crippen LogP contribution in [0.4, 0.5) is 4.79 Å². The van der Waals surface area contributed by atoms with Crippen molar-refractivity contribution in [3.8, 4) is 0 Å². The monoisotopic (exact) mass is 285 g/mol. The molecular weight excluding hydrogens is 258 g/mol. The van der Waals surface area contributed by atoms with Gasteiger partial charge in [-0.05, 0) is 39.3 Å². The highest BCUT2D eigenvalue weighted by molar-refractivity contribution is 5.82. The lowest BCUT2D eigenvalue weighted by Crippen LogP contribution is -2.54. The number of rotatable bonds is 5. The van der Waals surface area contributed by atoms with Gasteiger partial charge in [0.25, 0.3) is 0 Å². The summed E-state index contributed by atoms with van der Waals surface area (Å²) in [6, 6.07) is -0.713. The number of likely N-dealkylation sites (tertiary alicyclic amines) is 1. The van der Waals surface area contributed by atoms with Gasteiger partial charge in [-0.1, -0.05) is 13.8 Å². The zero-order valence-corrected chi connectivity index (χ0v) is 12.9. The molecule has 0 aromatic carbocycles. The molecule has 2 N–H and O–H groups in total. The van der Waals surface area contributed by atoms with Crippen LogP contribution in [0.15, 0.2) is 0 Å². The SMILES string of the molecule is CC(C)C[C@H](NC(=O)N1CCCC(N(C)C)C1)C(=O)O. The van der Waals surface area contributed by atoms with Crippen molar-refractivity contribution in [1.29, 1.82) is 0 Å². The molecule has 0 aliphatic carbocycles. The topological polar surface area (TPSA) is 72.9 Å². The molecule has 1 unspecified atom stereocenters. The summed E-state index contributed by atoms with van der Waals surface area (Å²) in [5, 5.41) is 11.8. The zero-order chi connectivity index (χ0) is 15.3. The summed E-state index contributed by atoms with van der Waals surface area (Å²) in [5.41, 5.74) is 0. The van der Waals surface area contributed by atoms with Crippen LogP contribution in [0.3, 0.4) is 0 Å². The van der Waals surface area contributed by atoms with E-state index in [1.54, 1.807) is 4.90 Å². The van der Waals surface area contributed by atoms with Gasteiger partial charge >= 0.3 is 12.0 Å². The fourth-order valence-electron chi connectivity index (χ4n) is 2.49. The molecule has 6 heteroatoms. The summed E-state index contributed by atoms with van der Waals surface area (Å²) < 4.78 is 0. The minimum atomic E-state index is -0.965. The maximum absolute atomic E-state index is 12.2. The molecular formula is C14H27N3O3. The third-order valence-corrected chi connectivity index (χ3v) is 3.72. The Morgan fingerprint density at radius 3 is 2.55 bits per heavy atom. The summed E-state index contributed by atoms with van der Waals surface area (Å²) in [7, 11) is 4.01. The van der Waals surface area contributed by atoms with Crippen molar-refractivity contribution >= 4 is 12.0 Å². The molecule has 116 valence electrons. The Kier molecular flexibility index (Phi) is 6.26. The van der Waals surface area contributed by atoms with Crippen molar-refractivity contribution < 1.29 is 14.7 Å². The lowest BCUT2D eigenvalue weighted by Gasteiger charge is -2.36. The Balaban J connectivity index is 2.57. The second-order valence-electron chi connectivity index (χ2n) is 6.18. The van der Waals surface area contributed by atoms with E-state index in [1.165, 1.54) is 0 Å². The van der Waals surface area contributed by atoms with Gasteiger partial charge in [-0.3, -0.25) is 0 Å². The molecule has 0 radical (unpaired) electrons. The van der Waals surface area contributed by atoms with E-state index in [0.29, 0.717) is 25.6 Å². The first kappa shape index (κ1) is 16.8.